The van der Waals surface area contributed by atoms with Gasteiger partial charge < -0.3 is 10.6 Å². The highest BCUT2D eigenvalue weighted by atomic mass is 14.9. The van der Waals surface area contributed by atoms with Gasteiger partial charge in [-0.05, 0) is 48.2 Å². The Labute approximate surface area is 205 Å². The Hall–Kier alpha value is -3.20. The highest BCUT2D eigenvalue weighted by molar-refractivity contribution is 5.33. The number of hydrogen-bond acceptors (Lipinski definition) is 2. The minimum absolute atomic E-state index is 0.387. The highest BCUT2D eigenvalue weighted by Crippen LogP contribution is 2.24. The van der Waals surface area contributed by atoms with E-state index in [-0.39, 0.29) is 0 Å². The molecule has 174 valence electrons. The Morgan fingerprint density at radius 1 is 0.382 bits per heavy atom. The molecule has 0 saturated carbocycles. The largest absolute Gasteiger partial charge is 0.316 e. The predicted octanol–water partition coefficient (Wildman–Crippen LogP) is 6.61. The van der Waals surface area contributed by atoms with E-state index in [1.165, 1.54) is 35.1 Å². The highest BCUT2D eigenvalue weighted by Gasteiger charge is 2.14. The summed E-state index contributed by atoms with van der Waals surface area (Å²) in [5, 5.41) is 7.41. The molecular weight excluding hydrogens is 412 g/mol. The van der Waals surface area contributed by atoms with Crippen molar-refractivity contribution in [3.8, 4) is 0 Å². The van der Waals surface area contributed by atoms with Crippen molar-refractivity contribution in [2.45, 2.75) is 24.7 Å². The van der Waals surface area contributed by atoms with Crippen LogP contribution in [0.1, 0.15) is 46.9 Å². The molecular formula is C32H36N2. The van der Waals surface area contributed by atoms with Crippen LogP contribution in [0, 0.1) is 0 Å². The molecule has 0 heterocycles. The molecule has 0 amide bonds. The molecule has 0 atom stereocenters. The molecule has 0 aliphatic carbocycles. The quantitative estimate of drug-likeness (QED) is 0.225. The van der Waals surface area contributed by atoms with Gasteiger partial charge in [-0.1, -0.05) is 121 Å². The van der Waals surface area contributed by atoms with Gasteiger partial charge in [-0.2, -0.15) is 0 Å². The fraction of sp³-hybridized carbons (Fsp3) is 0.250. The summed E-state index contributed by atoms with van der Waals surface area (Å²) in [5.41, 5.74) is 5.48. The maximum Gasteiger partial charge on any atom is 0.0214 e. The van der Waals surface area contributed by atoms with Crippen LogP contribution in [0.4, 0.5) is 0 Å². The molecule has 4 rings (SSSR count). The lowest BCUT2D eigenvalue weighted by atomic mass is 9.91. The molecule has 0 aromatic heterocycles. The first-order valence-corrected chi connectivity index (χ1v) is 12.5. The van der Waals surface area contributed by atoms with Crippen LogP contribution < -0.4 is 10.6 Å². The van der Waals surface area contributed by atoms with Crippen molar-refractivity contribution in [1.29, 1.82) is 0 Å². The van der Waals surface area contributed by atoms with Crippen LogP contribution in [0.3, 0.4) is 0 Å². The summed E-state index contributed by atoms with van der Waals surface area (Å²) in [6.07, 6.45) is 2.34. The van der Waals surface area contributed by atoms with Gasteiger partial charge in [0.2, 0.25) is 0 Å². The second-order valence-corrected chi connectivity index (χ2v) is 8.86. The lowest BCUT2D eigenvalue weighted by Crippen LogP contribution is -2.26. The van der Waals surface area contributed by atoms with Crippen LogP contribution in [0.5, 0.6) is 0 Å². The van der Waals surface area contributed by atoms with Crippen LogP contribution in [-0.4, -0.2) is 26.2 Å². The normalized spacial score (nSPS) is 11.2. The van der Waals surface area contributed by atoms with E-state index in [0.29, 0.717) is 11.8 Å². The molecule has 4 aromatic rings. The Morgan fingerprint density at radius 3 is 0.912 bits per heavy atom. The summed E-state index contributed by atoms with van der Waals surface area (Å²) in [4.78, 5) is 0. The molecule has 0 saturated heterocycles. The maximum atomic E-state index is 3.71. The minimum Gasteiger partial charge on any atom is -0.316 e. The molecule has 4 aromatic carbocycles. The van der Waals surface area contributed by atoms with Gasteiger partial charge in [0.1, 0.15) is 0 Å². The van der Waals surface area contributed by atoms with Crippen LogP contribution >= 0.6 is 0 Å². The summed E-state index contributed by atoms with van der Waals surface area (Å²) < 4.78 is 0. The van der Waals surface area contributed by atoms with Crippen molar-refractivity contribution in [2.24, 2.45) is 0 Å². The number of benzene rings is 4. The zero-order chi connectivity index (χ0) is 23.3. The Balaban J connectivity index is 1.21. The summed E-state index contributed by atoms with van der Waals surface area (Å²) in [7, 11) is 0. The van der Waals surface area contributed by atoms with Gasteiger partial charge in [0, 0.05) is 24.9 Å². The molecule has 0 radical (unpaired) electrons. The van der Waals surface area contributed by atoms with Crippen LogP contribution in [0.15, 0.2) is 121 Å². The Kier molecular flexibility index (Phi) is 9.50. The first-order chi connectivity index (χ1) is 16.9. The molecule has 0 aliphatic rings. The minimum atomic E-state index is 0.387. The molecule has 0 spiro atoms. The van der Waals surface area contributed by atoms with Gasteiger partial charge in [-0.15, -0.1) is 0 Å². The molecule has 2 N–H and O–H groups in total. The van der Waals surface area contributed by atoms with Crippen molar-refractivity contribution in [3.05, 3.63) is 144 Å². The molecule has 2 heteroatoms. The fourth-order valence-corrected chi connectivity index (χ4v) is 4.59. The van der Waals surface area contributed by atoms with Crippen molar-refractivity contribution in [3.63, 3.8) is 0 Å². The smallest absolute Gasteiger partial charge is 0.0214 e. The topological polar surface area (TPSA) is 24.1 Å². The molecule has 0 unspecified atom stereocenters. The number of hydrogen-bond donors (Lipinski definition) is 2. The number of unbranched alkanes of at least 4 members (excludes halogenated alkanes) is 1. The average molecular weight is 449 g/mol. The van der Waals surface area contributed by atoms with Gasteiger partial charge >= 0.3 is 0 Å². The lowest BCUT2D eigenvalue weighted by Gasteiger charge is -2.20. The molecule has 34 heavy (non-hydrogen) atoms. The second-order valence-electron chi connectivity index (χ2n) is 8.86. The number of nitrogens with one attached hydrogen (secondary N) is 2. The van der Waals surface area contributed by atoms with E-state index in [4.69, 9.17) is 0 Å². The van der Waals surface area contributed by atoms with E-state index in [0.717, 1.165) is 26.2 Å². The van der Waals surface area contributed by atoms with Gasteiger partial charge in [0.15, 0.2) is 0 Å². The van der Waals surface area contributed by atoms with Crippen LogP contribution in [0.25, 0.3) is 0 Å². The predicted molar refractivity (Wildman–Crippen MR) is 144 cm³/mol. The number of rotatable bonds is 13. The SMILES string of the molecule is c1ccc(C(CNCCCCNCC(c2ccccc2)c2ccccc2)c2ccccc2)cc1. The monoisotopic (exact) mass is 448 g/mol. The molecule has 0 aliphatic heterocycles. The van der Waals surface area contributed by atoms with E-state index < -0.39 is 0 Å². The molecule has 0 fully saturated rings. The fourth-order valence-electron chi connectivity index (χ4n) is 4.59. The first kappa shape index (κ1) is 23.9. The molecule has 0 bridgehead atoms. The summed E-state index contributed by atoms with van der Waals surface area (Å²) in [5.74, 6) is 0.774. The lowest BCUT2D eigenvalue weighted by molar-refractivity contribution is 0.559. The molecule has 2 nitrogen and oxygen atoms in total. The van der Waals surface area contributed by atoms with Crippen LogP contribution in [-0.2, 0) is 0 Å². The summed E-state index contributed by atoms with van der Waals surface area (Å²) in [6, 6.07) is 43.3. The van der Waals surface area contributed by atoms with E-state index in [9.17, 15) is 0 Å². The van der Waals surface area contributed by atoms with E-state index in [1.807, 2.05) is 0 Å². The average Bonchev–Trinajstić information content (AvgIpc) is 2.92. The van der Waals surface area contributed by atoms with Gasteiger partial charge in [-0.25, -0.2) is 0 Å². The van der Waals surface area contributed by atoms with Crippen molar-refractivity contribution in [2.75, 3.05) is 26.2 Å². The second kappa shape index (κ2) is 13.5. The maximum absolute atomic E-state index is 3.71. The third-order valence-electron chi connectivity index (χ3n) is 6.46. The van der Waals surface area contributed by atoms with E-state index >= 15 is 0 Å². The zero-order valence-corrected chi connectivity index (χ0v) is 19.9. The third kappa shape index (κ3) is 7.15. The Morgan fingerprint density at radius 2 is 0.647 bits per heavy atom. The van der Waals surface area contributed by atoms with Gasteiger partial charge in [0.05, 0.1) is 0 Å². The zero-order valence-electron chi connectivity index (χ0n) is 19.9. The van der Waals surface area contributed by atoms with Crippen LogP contribution in [0.2, 0.25) is 0 Å². The standard InChI is InChI=1S/C32H36N2/c1-5-15-27(16-6-1)31(28-17-7-2-8-18-28)25-33-23-13-14-24-34-26-32(29-19-9-3-10-20-29)30-21-11-4-12-22-30/h1-12,15-22,31-34H,13-14,23-26H2. The van der Waals surface area contributed by atoms with Crippen molar-refractivity contribution in [1.82, 2.24) is 10.6 Å². The van der Waals surface area contributed by atoms with Gasteiger partial charge in [-0.3, -0.25) is 0 Å². The summed E-state index contributed by atoms with van der Waals surface area (Å²) >= 11 is 0. The first-order valence-electron chi connectivity index (χ1n) is 12.5. The van der Waals surface area contributed by atoms with E-state index in [2.05, 4.69) is 132 Å². The summed E-state index contributed by atoms with van der Waals surface area (Å²) in [6.45, 7) is 4.01. The Bertz CT molecular complexity index is 881. The van der Waals surface area contributed by atoms with Gasteiger partial charge in [0.25, 0.3) is 0 Å². The van der Waals surface area contributed by atoms with Crippen molar-refractivity contribution < 1.29 is 0 Å². The van der Waals surface area contributed by atoms with Crippen molar-refractivity contribution >= 4 is 0 Å². The van der Waals surface area contributed by atoms with E-state index in [1.54, 1.807) is 0 Å². The third-order valence-corrected chi connectivity index (χ3v) is 6.46.